The largest absolute Gasteiger partial charge is 0.462 e. The van der Waals surface area contributed by atoms with Gasteiger partial charge in [0.2, 0.25) is 0 Å². The van der Waals surface area contributed by atoms with Crippen molar-refractivity contribution in [2.75, 3.05) is 0 Å². The number of aromatic nitrogens is 3. The molecule has 0 fully saturated rings. The normalized spacial score (nSPS) is 13.1. The Hall–Kier alpha value is -3.04. The van der Waals surface area contributed by atoms with Crippen LogP contribution in [-0.4, -0.2) is 14.4 Å². The summed E-state index contributed by atoms with van der Waals surface area (Å²) in [6.07, 6.45) is -7.24. The third-order valence-corrected chi connectivity index (χ3v) is 4.55. The van der Waals surface area contributed by atoms with Crippen LogP contribution in [0.2, 0.25) is 0 Å². The van der Waals surface area contributed by atoms with Gasteiger partial charge in [0, 0.05) is 17.1 Å². The second-order valence-corrected chi connectivity index (χ2v) is 6.84. The predicted molar refractivity (Wildman–Crippen MR) is 92.3 cm³/mol. The van der Waals surface area contributed by atoms with Gasteiger partial charge in [-0.2, -0.15) is 26.3 Å². The number of imidazole rings is 1. The fourth-order valence-corrected chi connectivity index (χ4v) is 3.20. The fourth-order valence-electron chi connectivity index (χ4n) is 3.20. The second kappa shape index (κ2) is 6.23. The molecular weight excluding hydrogens is 400 g/mol. The Morgan fingerprint density at radius 3 is 2.31 bits per heavy atom. The summed E-state index contributed by atoms with van der Waals surface area (Å²) < 4.78 is 86.4. The van der Waals surface area contributed by atoms with E-state index in [1.165, 1.54) is 18.5 Å². The minimum atomic E-state index is -5.04. The summed E-state index contributed by atoms with van der Waals surface area (Å²) in [5.74, 6) is 0.483. The summed E-state index contributed by atoms with van der Waals surface area (Å²) in [5, 5.41) is -0.453. The first-order chi connectivity index (χ1) is 13.5. The van der Waals surface area contributed by atoms with Crippen LogP contribution in [0.1, 0.15) is 36.6 Å². The van der Waals surface area contributed by atoms with Gasteiger partial charge in [0.05, 0.1) is 11.8 Å². The lowest BCUT2D eigenvalue weighted by molar-refractivity contribution is -0.144. The van der Waals surface area contributed by atoms with Crippen molar-refractivity contribution >= 4 is 16.7 Å². The summed E-state index contributed by atoms with van der Waals surface area (Å²) >= 11 is 0. The molecule has 0 radical (unpaired) electrons. The molecule has 4 rings (SSSR count). The summed E-state index contributed by atoms with van der Waals surface area (Å²) in [7, 11) is 0. The summed E-state index contributed by atoms with van der Waals surface area (Å²) in [5.41, 5.74) is -2.26. The van der Waals surface area contributed by atoms with E-state index in [9.17, 15) is 26.3 Å². The van der Waals surface area contributed by atoms with Crippen LogP contribution in [0.5, 0.6) is 0 Å². The maximum absolute atomic E-state index is 13.4. The molecule has 0 bridgehead atoms. The zero-order valence-corrected chi connectivity index (χ0v) is 15.1. The molecule has 0 saturated heterocycles. The Balaban J connectivity index is 2.05. The number of fused-ring (bicyclic) bond motifs is 3. The van der Waals surface area contributed by atoms with Gasteiger partial charge in [0.25, 0.3) is 0 Å². The number of halogens is 6. The number of hydrogen-bond acceptors (Lipinski definition) is 3. The first-order valence-corrected chi connectivity index (χ1v) is 8.52. The Morgan fingerprint density at radius 1 is 0.966 bits per heavy atom. The van der Waals surface area contributed by atoms with Gasteiger partial charge < -0.3 is 4.42 Å². The molecule has 0 unspecified atom stereocenters. The number of pyridine rings is 2. The molecule has 0 aliphatic carbocycles. The highest BCUT2D eigenvalue weighted by atomic mass is 19.4. The van der Waals surface area contributed by atoms with Gasteiger partial charge in [0.15, 0.2) is 5.76 Å². The van der Waals surface area contributed by atoms with E-state index in [1.54, 1.807) is 6.07 Å². The molecule has 4 nitrogen and oxygen atoms in total. The van der Waals surface area contributed by atoms with Gasteiger partial charge in [-0.05, 0) is 30.2 Å². The Bertz CT molecular complexity index is 1220. The average Bonchev–Trinajstić information content (AvgIpc) is 3.25. The van der Waals surface area contributed by atoms with E-state index in [1.807, 2.05) is 13.8 Å². The van der Waals surface area contributed by atoms with E-state index < -0.39 is 34.6 Å². The number of alkyl halides is 6. The molecule has 0 amide bonds. The molecule has 152 valence electrons. The van der Waals surface area contributed by atoms with Crippen LogP contribution in [0.4, 0.5) is 26.3 Å². The molecule has 29 heavy (non-hydrogen) atoms. The van der Waals surface area contributed by atoms with Gasteiger partial charge in [0.1, 0.15) is 22.7 Å². The van der Waals surface area contributed by atoms with Crippen molar-refractivity contribution < 1.29 is 30.8 Å². The van der Waals surface area contributed by atoms with Gasteiger partial charge in [-0.1, -0.05) is 13.8 Å². The first-order valence-electron chi connectivity index (χ1n) is 8.52. The zero-order chi connectivity index (χ0) is 21.1. The van der Waals surface area contributed by atoms with E-state index in [0.717, 1.165) is 16.0 Å². The minimum absolute atomic E-state index is 0.0232. The third-order valence-electron chi connectivity index (χ3n) is 4.55. The van der Waals surface area contributed by atoms with E-state index >= 15 is 0 Å². The van der Waals surface area contributed by atoms with Crippen LogP contribution in [0.3, 0.4) is 0 Å². The molecule has 0 N–H and O–H groups in total. The lowest BCUT2D eigenvalue weighted by Crippen LogP contribution is -2.14. The summed E-state index contributed by atoms with van der Waals surface area (Å²) in [6, 6.07) is 4.14. The lowest BCUT2D eigenvalue weighted by Gasteiger charge is -2.14. The molecule has 10 heteroatoms. The van der Waals surface area contributed by atoms with E-state index in [0.29, 0.717) is 11.5 Å². The number of hydrogen-bond donors (Lipinski definition) is 0. The number of nitrogens with zero attached hydrogens (tertiary/aromatic N) is 3. The number of rotatable bonds is 2. The summed E-state index contributed by atoms with van der Waals surface area (Å²) in [6.45, 7) is 3.85. The number of furan rings is 1. The molecule has 0 aliphatic heterocycles. The van der Waals surface area contributed by atoms with Crippen molar-refractivity contribution in [1.82, 2.24) is 14.4 Å². The van der Waals surface area contributed by atoms with Gasteiger partial charge in [-0.25, -0.2) is 9.97 Å². The maximum Gasteiger partial charge on any atom is 0.433 e. The molecule has 4 aromatic rings. The van der Waals surface area contributed by atoms with E-state index in [-0.39, 0.29) is 17.6 Å². The van der Waals surface area contributed by atoms with E-state index in [2.05, 4.69) is 9.97 Å². The summed E-state index contributed by atoms with van der Waals surface area (Å²) in [4.78, 5) is 7.77. The van der Waals surface area contributed by atoms with Crippen LogP contribution < -0.4 is 0 Å². The molecule has 0 aliphatic rings. The highest BCUT2D eigenvalue weighted by molar-refractivity contribution is 5.83. The van der Waals surface area contributed by atoms with Crippen molar-refractivity contribution in [2.24, 2.45) is 0 Å². The minimum Gasteiger partial charge on any atom is -0.462 e. The first kappa shape index (κ1) is 19.3. The lowest BCUT2D eigenvalue weighted by atomic mass is 10.0. The van der Waals surface area contributed by atoms with Crippen molar-refractivity contribution in [3.8, 4) is 11.5 Å². The van der Waals surface area contributed by atoms with Crippen LogP contribution in [0, 0.1) is 0 Å². The van der Waals surface area contributed by atoms with Gasteiger partial charge in [-0.15, -0.1) is 0 Å². The average molecular weight is 413 g/mol. The zero-order valence-electron chi connectivity index (χ0n) is 15.1. The molecule has 4 aromatic heterocycles. The molecule has 0 spiro atoms. The van der Waals surface area contributed by atoms with Crippen LogP contribution >= 0.6 is 0 Å². The molecule has 0 saturated carbocycles. The standard InChI is InChI=1S/C19H13F6N3O/c1-9(2)10-5-6-29-16(10)13-8-28-15(26-13)4-3-11-12(18(20,21)22)7-14(19(23,24)25)27-17(11)28/h3-9H,1-2H3. The predicted octanol–water partition coefficient (Wildman–Crippen LogP) is 6.30. The second-order valence-electron chi connectivity index (χ2n) is 6.84. The van der Waals surface area contributed by atoms with Crippen LogP contribution in [-0.2, 0) is 12.4 Å². The van der Waals surface area contributed by atoms with Crippen LogP contribution in [0.15, 0.2) is 41.1 Å². The fraction of sp³-hybridized carbons (Fsp3) is 0.263. The Morgan fingerprint density at radius 2 is 1.69 bits per heavy atom. The smallest absolute Gasteiger partial charge is 0.433 e. The van der Waals surface area contributed by atoms with Crippen molar-refractivity contribution in [3.63, 3.8) is 0 Å². The Kier molecular flexibility index (Phi) is 4.14. The van der Waals surface area contributed by atoms with Gasteiger partial charge in [-0.3, -0.25) is 4.40 Å². The molecule has 0 aromatic carbocycles. The molecule has 0 atom stereocenters. The van der Waals surface area contributed by atoms with Crippen molar-refractivity contribution in [1.29, 1.82) is 0 Å². The molecule has 4 heterocycles. The van der Waals surface area contributed by atoms with Crippen LogP contribution in [0.25, 0.3) is 28.1 Å². The highest BCUT2D eigenvalue weighted by Gasteiger charge is 2.39. The van der Waals surface area contributed by atoms with E-state index in [4.69, 9.17) is 4.42 Å². The molecular formula is C19H13F6N3O. The van der Waals surface area contributed by atoms with Crippen molar-refractivity contribution in [3.05, 3.63) is 53.5 Å². The highest BCUT2D eigenvalue weighted by Crippen LogP contribution is 2.39. The quantitative estimate of drug-likeness (QED) is 0.362. The maximum atomic E-state index is 13.4. The topological polar surface area (TPSA) is 43.3 Å². The third kappa shape index (κ3) is 3.22. The van der Waals surface area contributed by atoms with Crippen molar-refractivity contribution in [2.45, 2.75) is 32.1 Å². The monoisotopic (exact) mass is 413 g/mol. The SMILES string of the molecule is CC(C)c1ccoc1-c1cn2c(ccc3c(C(F)(F)F)cc(C(F)(F)F)nc32)n1. The Labute approximate surface area is 159 Å². The van der Waals surface area contributed by atoms with Gasteiger partial charge >= 0.3 is 12.4 Å².